The summed E-state index contributed by atoms with van der Waals surface area (Å²) in [4.78, 5) is 2.30. The van der Waals surface area contributed by atoms with E-state index in [1.807, 2.05) is 4.57 Å². The molecular weight excluding hydrogens is 172 g/mol. The van der Waals surface area contributed by atoms with E-state index in [0.717, 1.165) is 17.2 Å². The van der Waals surface area contributed by atoms with E-state index in [9.17, 15) is 0 Å². The number of hydrogen-bond acceptors (Lipinski definition) is 3. The van der Waals surface area contributed by atoms with Crippen LogP contribution >= 0.6 is 12.2 Å². The van der Waals surface area contributed by atoms with Gasteiger partial charge in [0.25, 0.3) is 0 Å². The zero-order valence-corrected chi connectivity index (χ0v) is 7.84. The molecule has 1 aromatic rings. The molecule has 1 aliphatic rings. The van der Waals surface area contributed by atoms with Gasteiger partial charge in [-0.1, -0.05) is 0 Å². The number of likely N-dealkylation sites (tertiary alicyclic amines) is 1. The second kappa shape index (κ2) is 2.99. The summed E-state index contributed by atoms with van der Waals surface area (Å²) in [6.45, 7) is 3.35. The zero-order valence-electron chi connectivity index (χ0n) is 7.03. The van der Waals surface area contributed by atoms with Crippen LogP contribution in [0.2, 0.25) is 0 Å². The third-order valence-corrected chi connectivity index (χ3v) is 2.54. The summed E-state index contributed by atoms with van der Waals surface area (Å²) >= 11 is 5.04. The molecule has 1 fully saturated rings. The van der Waals surface area contributed by atoms with Crippen LogP contribution in [0.3, 0.4) is 0 Å². The molecule has 1 N–H and O–H groups in total. The molecule has 4 nitrogen and oxygen atoms in total. The van der Waals surface area contributed by atoms with E-state index in [-0.39, 0.29) is 0 Å². The Labute approximate surface area is 76.2 Å². The van der Waals surface area contributed by atoms with Crippen molar-refractivity contribution in [3.05, 3.63) is 11.1 Å². The molecule has 12 heavy (non-hydrogen) atoms. The molecule has 0 aromatic carbocycles. The largest absolute Gasteiger partial charge is 0.306 e. The fourth-order valence-electron chi connectivity index (χ4n) is 1.62. The van der Waals surface area contributed by atoms with Gasteiger partial charge in [-0.3, -0.25) is 5.10 Å². The Hall–Kier alpha value is -0.680. The number of nitrogens with zero attached hydrogens (tertiary/aromatic N) is 3. The van der Waals surface area contributed by atoms with Crippen LogP contribution in [-0.2, 0) is 6.54 Å². The average molecular weight is 184 g/mol. The number of nitrogens with one attached hydrogen (secondary N) is 1. The molecule has 0 aliphatic carbocycles. The van der Waals surface area contributed by atoms with E-state index in [0.29, 0.717) is 0 Å². The van der Waals surface area contributed by atoms with Gasteiger partial charge in [0.05, 0.1) is 0 Å². The molecule has 0 atom stereocenters. The van der Waals surface area contributed by atoms with Crippen molar-refractivity contribution in [2.24, 2.45) is 5.92 Å². The lowest BCUT2D eigenvalue weighted by Crippen LogP contribution is -2.45. The average Bonchev–Trinajstić information content (AvgIpc) is 2.33. The van der Waals surface area contributed by atoms with Crippen molar-refractivity contribution in [2.45, 2.75) is 6.54 Å². The lowest BCUT2D eigenvalue weighted by Gasteiger charge is -2.36. The minimum Gasteiger partial charge on any atom is -0.306 e. The summed E-state index contributed by atoms with van der Waals surface area (Å²) in [7, 11) is 2.13. The molecule has 5 heteroatoms. The van der Waals surface area contributed by atoms with Gasteiger partial charge in [-0.05, 0) is 19.3 Å². The normalized spacial score (nSPS) is 19.4. The van der Waals surface area contributed by atoms with Crippen LogP contribution < -0.4 is 0 Å². The molecule has 0 radical (unpaired) electrons. The van der Waals surface area contributed by atoms with E-state index in [2.05, 4.69) is 22.1 Å². The van der Waals surface area contributed by atoms with Crippen LogP contribution in [0.5, 0.6) is 0 Å². The van der Waals surface area contributed by atoms with Crippen LogP contribution in [0, 0.1) is 10.7 Å². The third-order valence-electron chi connectivity index (χ3n) is 2.21. The van der Waals surface area contributed by atoms with Crippen molar-refractivity contribution >= 4 is 12.2 Å². The molecule has 0 amide bonds. The Morgan fingerprint density at radius 2 is 2.50 bits per heavy atom. The van der Waals surface area contributed by atoms with Gasteiger partial charge < -0.3 is 9.47 Å². The standard InChI is InChI=1S/C7H12N4S/c1-10-2-6(3-10)4-11-5-8-9-7(11)12/h5-6H,2-4H2,1H3,(H,9,12). The summed E-state index contributed by atoms with van der Waals surface area (Å²) < 4.78 is 2.72. The maximum absolute atomic E-state index is 5.04. The summed E-state index contributed by atoms with van der Waals surface area (Å²) in [6, 6.07) is 0. The highest BCUT2D eigenvalue weighted by molar-refractivity contribution is 7.71. The van der Waals surface area contributed by atoms with Crippen molar-refractivity contribution in [2.75, 3.05) is 20.1 Å². The van der Waals surface area contributed by atoms with Crippen molar-refractivity contribution in [3.63, 3.8) is 0 Å². The predicted molar refractivity (Wildman–Crippen MR) is 48.4 cm³/mol. The fourth-order valence-corrected chi connectivity index (χ4v) is 1.80. The first-order chi connectivity index (χ1) is 5.75. The molecule has 66 valence electrons. The van der Waals surface area contributed by atoms with Gasteiger partial charge >= 0.3 is 0 Å². The number of aromatic nitrogens is 3. The molecule has 0 spiro atoms. The topological polar surface area (TPSA) is 36.9 Å². The summed E-state index contributed by atoms with van der Waals surface area (Å²) in [5.41, 5.74) is 0. The van der Waals surface area contributed by atoms with Gasteiger partial charge in [0.2, 0.25) is 0 Å². The maximum Gasteiger partial charge on any atom is 0.194 e. The van der Waals surface area contributed by atoms with Crippen molar-refractivity contribution in [1.29, 1.82) is 0 Å². The second-order valence-electron chi connectivity index (χ2n) is 3.40. The first-order valence-electron chi connectivity index (χ1n) is 4.04. The lowest BCUT2D eigenvalue weighted by molar-refractivity contribution is 0.119. The van der Waals surface area contributed by atoms with Crippen molar-refractivity contribution in [1.82, 2.24) is 19.7 Å². The summed E-state index contributed by atoms with van der Waals surface area (Å²) in [5, 5.41) is 6.62. The van der Waals surface area contributed by atoms with Gasteiger partial charge in [0, 0.05) is 25.6 Å². The molecule has 1 aromatic heterocycles. The maximum atomic E-state index is 5.04. The first-order valence-corrected chi connectivity index (χ1v) is 4.45. The predicted octanol–water partition coefficient (Wildman–Crippen LogP) is 0.502. The molecule has 2 rings (SSSR count). The molecule has 2 heterocycles. The Morgan fingerprint density at radius 1 is 1.75 bits per heavy atom. The minimum atomic E-state index is 0.726. The molecule has 1 aliphatic heterocycles. The Bertz CT molecular complexity index is 309. The number of hydrogen-bond donors (Lipinski definition) is 1. The molecule has 1 saturated heterocycles. The Morgan fingerprint density at radius 3 is 3.00 bits per heavy atom. The van der Waals surface area contributed by atoms with Crippen LogP contribution in [0.15, 0.2) is 6.33 Å². The molecule has 0 bridgehead atoms. The molecule has 0 unspecified atom stereocenters. The second-order valence-corrected chi connectivity index (χ2v) is 3.79. The van der Waals surface area contributed by atoms with E-state index < -0.39 is 0 Å². The minimum absolute atomic E-state index is 0.726. The SMILES string of the molecule is CN1CC(Cn2cn[nH]c2=S)C1. The highest BCUT2D eigenvalue weighted by atomic mass is 32.1. The fraction of sp³-hybridized carbons (Fsp3) is 0.714. The van der Waals surface area contributed by atoms with Gasteiger partial charge in [0.1, 0.15) is 6.33 Å². The van der Waals surface area contributed by atoms with Crippen LogP contribution in [0.25, 0.3) is 0 Å². The van der Waals surface area contributed by atoms with Crippen molar-refractivity contribution < 1.29 is 0 Å². The number of rotatable bonds is 2. The third kappa shape index (κ3) is 1.42. The Kier molecular flexibility index (Phi) is 1.98. The van der Waals surface area contributed by atoms with E-state index in [4.69, 9.17) is 12.2 Å². The van der Waals surface area contributed by atoms with Gasteiger partial charge in [-0.25, -0.2) is 0 Å². The van der Waals surface area contributed by atoms with Gasteiger partial charge in [0.15, 0.2) is 4.77 Å². The number of H-pyrrole nitrogens is 1. The number of aromatic amines is 1. The highest BCUT2D eigenvalue weighted by Crippen LogP contribution is 2.14. The molecule has 0 saturated carbocycles. The quantitative estimate of drug-likeness (QED) is 0.680. The van der Waals surface area contributed by atoms with Crippen molar-refractivity contribution in [3.8, 4) is 0 Å². The monoisotopic (exact) mass is 184 g/mol. The van der Waals surface area contributed by atoms with Crippen LogP contribution in [0.1, 0.15) is 0 Å². The van der Waals surface area contributed by atoms with Crippen LogP contribution in [0.4, 0.5) is 0 Å². The smallest absolute Gasteiger partial charge is 0.194 e. The van der Waals surface area contributed by atoms with E-state index in [1.54, 1.807) is 6.33 Å². The Balaban J connectivity index is 1.96. The molecular formula is C7H12N4S. The van der Waals surface area contributed by atoms with E-state index >= 15 is 0 Å². The highest BCUT2D eigenvalue weighted by Gasteiger charge is 2.23. The van der Waals surface area contributed by atoms with Crippen LogP contribution in [-0.4, -0.2) is 39.8 Å². The summed E-state index contributed by atoms with van der Waals surface area (Å²) in [6.07, 6.45) is 1.76. The zero-order chi connectivity index (χ0) is 8.55. The van der Waals surface area contributed by atoms with Gasteiger partial charge in [-0.15, -0.1) is 0 Å². The van der Waals surface area contributed by atoms with Gasteiger partial charge in [-0.2, -0.15) is 5.10 Å². The summed E-state index contributed by atoms with van der Waals surface area (Å²) in [5.74, 6) is 0.749. The van der Waals surface area contributed by atoms with E-state index in [1.165, 1.54) is 13.1 Å². The lowest BCUT2D eigenvalue weighted by atomic mass is 10.0. The first kappa shape index (κ1) is 7.94.